The Morgan fingerprint density at radius 3 is 2.91 bits per heavy atom. The van der Waals surface area contributed by atoms with E-state index in [9.17, 15) is 5.11 Å². The van der Waals surface area contributed by atoms with Gasteiger partial charge in [0.05, 0.1) is 5.56 Å². The molecule has 0 fully saturated rings. The van der Waals surface area contributed by atoms with E-state index in [1.54, 1.807) is 18.2 Å². The number of aromatic nitrogens is 2. The number of ether oxygens (including phenoxy) is 1. The number of aromatic hydroxyl groups is 1. The highest BCUT2D eigenvalue weighted by Gasteiger charge is 2.20. The second-order valence-electron chi connectivity index (χ2n) is 5.28. The molecule has 0 aliphatic carbocycles. The van der Waals surface area contributed by atoms with Gasteiger partial charge in [0, 0.05) is 22.0 Å². The van der Waals surface area contributed by atoms with Crippen molar-refractivity contribution in [3.8, 4) is 28.8 Å². The zero-order chi connectivity index (χ0) is 16.0. The number of H-pyrrole nitrogens is 1. The van der Waals surface area contributed by atoms with Crippen molar-refractivity contribution in [1.82, 2.24) is 9.97 Å². The molecule has 3 aromatic rings. The van der Waals surface area contributed by atoms with Gasteiger partial charge in [0.2, 0.25) is 5.88 Å². The van der Waals surface area contributed by atoms with Gasteiger partial charge in [-0.3, -0.25) is 0 Å². The summed E-state index contributed by atoms with van der Waals surface area (Å²) in [5.74, 6) is 2.17. The van der Waals surface area contributed by atoms with Crippen molar-refractivity contribution >= 4 is 28.1 Å². The Bertz CT molecular complexity index is 985. The minimum Gasteiger partial charge on any atom is -0.508 e. The topological polar surface area (TPSA) is 58.1 Å². The van der Waals surface area contributed by atoms with E-state index in [-0.39, 0.29) is 5.75 Å². The average molecular weight is 387 g/mol. The van der Waals surface area contributed by atoms with E-state index in [4.69, 9.17) is 17.0 Å². The molecule has 0 unspecified atom stereocenters. The van der Waals surface area contributed by atoms with Gasteiger partial charge in [-0.05, 0) is 30.3 Å². The molecule has 23 heavy (non-hydrogen) atoms. The Labute approximate surface area is 145 Å². The van der Waals surface area contributed by atoms with E-state index in [0.717, 1.165) is 26.9 Å². The molecule has 0 amide bonds. The first-order chi connectivity index (χ1) is 11.1. The maximum atomic E-state index is 9.63. The van der Waals surface area contributed by atoms with Crippen LogP contribution in [0.1, 0.15) is 11.1 Å². The molecular formula is C17H11BrN2O2S. The molecule has 0 radical (unpaired) electrons. The van der Waals surface area contributed by atoms with Crippen LogP contribution in [0.4, 0.5) is 0 Å². The van der Waals surface area contributed by atoms with Gasteiger partial charge in [0.25, 0.3) is 0 Å². The first-order valence-electron chi connectivity index (χ1n) is 6.99. The SMILES string of the molecule is Oc1cccc(-c2nc(=S)c3c([nH]2)Oc2ccc(Br)cc2C3)c1. The molecule has 0 saturated carbocycles. The quantitative estimate of drug-likeness (QED) is 0.453. The predicted molar refractivity (Wildman–Crippen MR) is 93.5 cm³/mol. The van der Waals surface area contributed by atoms with Crippen LogP contribution in [-0.2, 0) is 6.42 Å². The summed E-state index contributed by atoms with van der Waals surface area (Å²) in [5, 5.41) is 9.63. The van der Waals surface area contributed by atoms with Crippen LogP contribution in [-0.4, -0.2) is 15.1 Å². The molecule has 0 atom stereocenters. The van der Waals surface area contributed by atoms with Crippen molar-refractivity contribution < 1.29 is 9.84 Å². The second kappa shape index (κ2) is 5.47. The minimum atomic E-state index is 0.178. The van der Waals surface area contributed by atoms with E-state index >= 15 is 0 Å². The zero-order valence-electron chi connectivity index (χ0n) is 11.8. The Morgan fingerprint density at radius 2 is 2.09 bits per heavy atom. The van der Waals surface area contributed by atoms with E-state index in [2.05, 4.69) is 25.9 Å². The first kappa shape index (κ1) is 14.4. The van der Waals surface area contributed by atoms with Crippen molar-refractivity contribution in [2.75, 3.05) is 0 Å². The van der Waals surface area contributed by atoms with E-state index in [1.807, 2.05) is 24.3 Å². The fraction of sp³-hybridized carbons (Fsp3) is 0.0588. The third kappa shape index (κ3) is 2.64. The Balaban J connectivity index is 1.83. The third-order valence-electron chi connectivity index (χ3n) is 3.70. The van der Waals surface area contributed by atoms with Gasteiger partial charge in [-0.2, -0.15) is 0 Å². The Morgan fingerprint density at radius 1 is 1.22 bits per heavy atom. The molecule has 0 bridgehead atoms. The third-order valence-corrected chi connectivity index (χ3v) is 4.53. The number of rotatable bonds is 1. The fourth-order valence-electron chi connectivity index (χ4n) is 2.60. The number of halogens is 1. The lowest BCUT2D eigenvalue weighted by molar-refractivity contribution is 0.439. The van der Waals surface area contributed by atoms with Crippen LogP contribution in [0, 0.1) is 4.64 Å². The van der Waals surface area contributed by atoms with Crippen molar-refractivity contribution in [3.05, 3.63) is 62.7 Å². The van der Waals surface area contributed by atoms with Crippen LogP contribution in [0.2, 0.25) is 0 Å². The van der Waals surface area contributed by atoms with Crippen molar-refractivity contribution in [1.29, 1.82) is 0 Å². The molecule has 2 aromatic carbocycles. The molecule has 6 heteroatoms. The number of aromatic amines is 1. The van der Waals surface area contributed by atoms with Gasteiger partial charge in [0.1, 0.15) is 22.0 Å². The molecule has 0 spiro atoms. The average Bonchev–Trinajstić information content (AvgIpc) is 2.53. The zero-order valence-corrected chi connectivity index (χ0v) is 14.2. The summed E-state index contributed by atoms with van der Waals surface area (Å²) in [6, 6.07) is 12.7. The number of nitrogens with zero attached hydrogens (tertiary/aromatic N) is 1. The molecule has 2 N–H and O–H groups in total. The normalized spacial score (nSPS) is 12.2. The van der Waals surface area contributed by atoms with Crippen LogP contribution < -0.4 is 4.74 Å². The smallest absolute Gasteiger partial charge is 0.205 e. The van der Waals surface area contributed by atoms with Gasteiger partial charge >= 0.3 is 0 Å². The second-order valence-corrected chi connectivity index (χ2v) is 6.58. The summed E-state index contributed by atoms with van der Waals surface area (Å²) >= 11 is 8.90. The number of phenolic OH excluding ortho intramolecular Hbond substituents is 1. The van der Waals surface area contributed by atoms with Crippen LogP contribution in [0.25, 0.3) is 11.4 Å². The summed E-state index contributed by atoms with van der Waals surface area (Å²) < 4.78 is 7.46. The standard InChI is InChI=1S/C17H11BrN2O2S/c18-11-4-5-14-10(6-11)8-13-16(22-14)19-15(20-17(13)23)9-2-1-3-12(21)7-9/h1-7,21H,8H2,(H,19,20,23). The molecule has 2 heterocycles. The van der Waals surface area contributed by atoms with Crippen molar-refractivity contribution in [2.45, 2.75) is 6.42 Å². The number of benzene rings is 2. The molecule has 4 nitrogen and oxygen atoms in total. The molecule has 4 rings (SSSR count). The molecule has 0 saturated heterocycles. The lowest BCUT2D eigenvalue weighted by Gasteiger charge is -2.20. The molecule has 1 aliphatic heterocycles. The Kier molecular flexibility index (Phi) is 3.43. The molecule has 1 aromatic heterocycles. The maximum absolute atomic E-state index is 9.63. The van der Waals surface area contributed by atoms with Crippen molar-refractivity contribution in [3.63, 3.8) is 0 Å². The highest BCUT2D eigenvalue weighted by Crippen LogP contribution is 2.37. The first-order valence-corrected chi connectivity index (χ1v) is 8.19. The van der Waals surface area contributed by atoms with Crippen LogP contribution in [0.3, 0.4) is 0 Å². The fourth-order valence-corrected chi connectivity index (χ4v) is 3.26. The van der Waals surface area contributed by atoms with Crippen molar-refractivity contribution in [2.24, 2.45) is 0 Å². The van der Waals surface area contributed by atoms with E-state index in [0.29, 0.717) is 22.8 Å². The number of hydrogen-bond donors (Lipinski definition) is 2. The lowest BCUT2D eigenvalue weighted by Crippen LogP contribution is -2.07. The van der Waals surface area contributed by atoms with Gasteiger partial charge < -0.3 is 14.8 Å². The predicted octanol–water partition coefficient (Wildman–Crippen LogP) is 4.97. The van der Waals surface area contributed by atoms with Gasteiger partial charge in [-0.1, -0.05) is 40.3 Å². The highest BCUT2D eigenvalue weighted by atomic mass is 79.9. The largest absolute Gasteiger partial charge is 0.508 e. The van der Waals surface area contributed by atoms with E-state index < -0.39 is 0 Å². The van der Waals surface area contributed by atoms with Gasteiger partial charge in [-0.15, -0.1) is 0 Å². The number of phenols is 1. The Hall–Kier alpha value is -2.18. The summed E-state index contributed by atoms with van der Waals surface area (Å²) in [6.07, 6.45) is 0.673. The number of fused-ring (bicyclic) bond motifs is 2. The molecule has 114 valence electrons. The highest BCUT2D eigenvalue weighted by molar-refractivity contribution is 9.10. The minimum absolute atomic E-state index is 0.178. The molecule has 1 aliphatic rings. The summed E-state index contributed by atoms with van der Waals surface area (Å²) in [6.45, 7) is 0. The van der Waals surface area contributed by atoms with Crippen LogP contribution in [0.5, 0.6) is 17.4 Å². The number of nitrogens with one attached hydrogen (secondary N) is 1. The summed E-state index contributed by atoms with van der Waals surface area (Å²) in [7, 11) is 0. The lowest BCUT2D eigenvalue weighted by atomic mass is 10.0. The summed E-state index contributed by atoms with van der Waals surface area (Å²) in [5.41, 5.74) is 2.69. The maximum Gasteiger partial charge on any atom is 0.205 e. The monoisotopic (exact) mass is 386 g/mol. The van der Waals surface area contributed by atoms with Crippen LogP contribution in [0.15, 0.2) is 46.9 Å². The number of hydrogen-bond acceptors (Lipinski definition) is 4. The van der Waals surface area contributed by atoms with E-state index in [1.165, 1.54) is 0 Å². The van der Waals surface area contributed by atoms with Crippen LogP contribution >= 0.6 is 28.1 Å². The van der Waals surface area contributed by atoms with Gasteiger partial charge in [0.15, 0.2) is 0 Å². The summed E-state index contributed by atoms with van der Waals surface area (Å²) in [4.78, 5) is 7.63. The molecular weight excluding hydrogens is 376 g/mol. The van der Waals surface area contributed by atoms with Gasteiger partial charge in [-0.25, -0.2) is 4.98 Å².